The summed E-state index contributed by atoms with van der Waals surface area (Å²) < 4.78 is 13.3. The van der Waals surface area contributed by atoms with Crippen LogP contribution in [0.25, 0.3) is 10.9 Å². The quantitative estimate of drug-likeness (QED) is 0.407. The highest BCUT2D eigenvalue weighted by Gasteiger charge is 2.23. The number of carbonyl (C=O) groups is 1. The van der Waals surface area contributed by atoms with Gasteiger partial charge in [0.2, 0.25) is 5.78 Å². The summed E-state index contributed by atoms with van der Waals surface area (Å²) in [7, 11) is 0. The Hall–Kier alpha value is -2.90. The number of nitrogens with one attached hydrogen (secondary N) is 2. The summed E-state index contributed by atoms with van der Waals surface area (Å²) in [6, 6.07) is 11.8. The standard InChI is InChI=1S/C19H14ClFN4OS/c1-9-15(11-4-2-3-5-14(11)23-9)16(26)17-18(22)25-19(27-17)24-10-6-7-13(21)12(20)8-10/h2-8,23H,22H2,1H3,(H,24,25). The summed E-state index contributed by atoms with van der Waals surface area (Å²) in [5, 5.41) is 4.26. The van der Waals surface area contributed by atoms with Crippen molar-refractivity contribution in [1.29, 1.82) is 0 Å². The maximum Gasteiger partial charge on any atom is 0.209 e. The second-order valence-electron chi connectivity index (χ2n) is 5.99. The Kier molecular flexibility index (Phi) is 4.33. The van der Waals surface area contributed by atoms with Crippen molar-refractivity contribution in [3.05, 3.63) is 69.4 Å². The number of aromatic nitrogens is 2. The molecule has 0 aliphatic rings. The summed E-state index contributed by atoms with van der Waals surface area (Å²) in [5.74, 6) is -0.554. The van der Waals surface area contributed by atoms with Gasteiger partial charge in [-0.15, -0.1) is 0 Å². The lowest BCUT2D eigenvalue weighted by atomic mass is 10.1. The zero-order chi connectivity index (χ0) is 19.1. The number of ketones is 1. The number of halogens is 2. The van der Waals surface area contributed by atoms with Gasteiger partial charge in [-0.3, -0.25) is 4.79 Å². The van der Waals surface area contributed by atoms with Crippen molar-refractivity contribution in [2.75, 3.05) is 11.1 Å². The molecule has 27 heavy (non-hydrogen) atoms. The zero-order valence-electron chi connectivity index (χ0n) is 14.1. The molecule has 0 radical (unpaired) electrons. The van der Waals surface area contributed by atoms with Crippen LogP contribution in [0.2, 0.25) is 5.02 Å². The maximum atomic E-state index is 13.3. The minimum atomic E-state index is -0.508. The Morgan fingerprint density at radius 3 is 2.85 bits per heavy atom. The van der Waals surface area contributed by atoms with Crippen LogP contribution in [-0.2, 0) is 0 Å². The molecule has 2 aromatic heterocycles. The number of fused-ring (bicyclic) bond motifs is 1. The molecule has 4 aromatic rings. The van der Waals surface area contributed by atoms with Gasteiger partial charge in [-0.1, -0.05) is 41.1 Å². The molecule has 8 heteroatoms. The smallest absolute Gasteiger partial charge is 0.209 e. The van der Waals surface area contributed by atoms with E-state index in [1.807, 2.05) is 31.2 Å². The molecule has 0 aliphatic heterocycles. The monoisotopic (exact) mass is 400 g/mol. The lowest BCUT2D eigenvalue weighted by Gasteiger charge is -2.03. The molecule has 4 N–H and O–H groups in total. The van der Waals surface area contributed by atoms with E-state index in [2.05, 4.69) is 15.3 Å². The van der Waals surface area contributed by atoms with E-state index in [1.165, 1.54) is 18.2 Å². The average Bonchev–Trinajstić information content (AvgIpc) is 3.16. The summed E-state index contributed by atoms with van der Waals surface area (Å²) in [6.07, 6.45) is 0. The van der Waals surface area contributed by atoms with Crippen LogP contribution in [0, 0.1) is 12.7 Å². The highest BCUT2D eigenvalue weighted by Crippen LogP contribution is 2.33. The highest BCUT2D eigenvalue weighted by atomic mass is 35.5. The average molecular weight is 401 g/mol. The molecule has 2 heterocycles. The van der Waals surface area contributed by atoms with Gasteiger partial charge in [-0.05, 0) is 31.2 Å². The molecule has 5 nitrogen and oxygen atoms in total. The van der Waals surface area contributed by atoms with E-state index in [4.69, 9.17) is 17.3 Å². The van der Waals surface area contributed by atoms with Crippen molar-refractivity contribution < 1.29 is 9.18 Å². The number of thiazole rings is 1. The number of aryl methyl sites for hydroxylation is 1. The first-order valence-electron chi connectivity index (χ1n) is 8.04. The number of hydrogen-bond acceptors (Lipinski definition) is 5. The number of carbonyl (C=O) groups excluding carboxylic acids is 1. The van der Waals surface area contributed by atoms with Crippen molar-refractivity contribution >= 4 is 56.3 Å². The largest absolute Gasteiger partial charge is 0.382 e. The number of para-hydroxylation sites is 1. The third-order valence-electron chi connectivity index (χ3n) is 4.15. The van der Waals surface area contributed by atoms with Crippen LogP contribution in [0.15, 0.2) is 42.5 Å². The van der Waals surface area contributed by atoms with Crippen molar-refractivity contribution in [3.63, 3.8) is 0 Å². The van der Waals surface area contributed by atoms with Crippen LogP contribution >= 0.6 is 22.9 Å². The highest BCUT2D eigenvalue weighted by molar-refractivity contribution is 7.18. The molecule has 0 fully saturated rings. The topological polar surface area (TPSA) is 83.8 Å². The van der Waals surface area contributed by atoms with E-state index in [-0.39, 0.29) is 16.6 Å². The van der Waals surface area contributed by atoms with Gasteiger partial charge in [-0.25, -0.2) is 9.37 Å². The van der Waals surface area contributed by atoms with E-state index < -0.39 is 5.82 Å². The Morgan fingerprint density at radius 2 is 2.07 bits per heavy atom. The molecule has 0 saturated carbocycles. The molecule has 4 rings (SSSR count). The fourth-order valence-corrected chi connectivity index (χ4v) is 3.96. The number of hydrogen-bond donors (Lipinski definition) is 3. The molecule has 136 valence electrons. The number of nitrogen functional groups attached to an aromatic ring is 1. The molecule has 0 unspecified atom stereocenters. The van der Waals surface area contributed by atoms with Crippen LogP contribution in [0.1, 0.15) is 20.9 Å². The fourth-order valence-electron chi connectivity index (χ4n) is 2.93. The van der Waals surface area contributed by atoms with E-state index >= 15 is 0 Å². The Balaban J connectivity index is 1.69. The Labute approximate surface area is 163 Å². The van der Waals surface area contributed by atoms with Crippen LogP contribution in [0.5, 0.6) is 0 Å². The normalized spacial score (nSPS) is 11.1. The van der Waals surface area contributed by atoms with Gasteiger partial charge in [0.15, 0.2) is 5.13 Å². The first-order valence-corrected chi connectivity index (χ1v) is 9.24. The van der Waals surface area contributed by atoms with E-state index in [9.17, 15) is 9.18 Å². The Morgan fingerprint density at radius 1 is 1.30 bits per heavy atom. The molecule has 2 aromatic carbocycles. The number of rotatable bonds is 4. The first kappa shape index (κ1) is 17.5. The summed E-state index contributed by atoms with van der Waals surface area (Å²) in [6.45, 7) is 1.85. The lowest BCUT2D eigenvalue weighted by Crippen LogP contribution is -2.03. The second kappa shape index (κ2) is 6.68. The minimum absolute atomic E-state index is 0.00440. The van der Waals surface area contributed by atoms with Crippen molar-refractivity contribution in [2.45, 2.75) is 6.92 Å². The van der Waals surface area contributed by atoms with E-state index in [0.717, 1.165) is 27.9 Å². The summed E-state index contributed by atoms with van der Waals surface area (Å²) >= 11 is 6.93. The van der Waals surface area contributed by atoms with E-state index in [0.29, 0.717) is 21.3 Å². The van der Waals surface area contributed by atoms with Gasteiger partial charge < -0.3 is 16.0 Å². The van der Waals surface area contributed by atoms with Crippen LogP contribution in [-0.4, -0.2) is 15.8 Å². The molecule has 0 spiro atoms. The molecule has 0 aliphatic carbocycles. The van der Waals surface area contributed by atoms with Crippen LogP contribution in [0.3, 0.4) is 0 Å². The number of nitrogens with two attached hydrogens (primary N) is 1. The first-order chi connectivity index (χ1) is 12.9. The van der Waals surface area contributed by atoms with Crippen molar-refractivity contribution in [1.82, 2.24) is 9.97 Å². The van der Waals surface area contributed by atoms with Crippen molar-refractivity contribution in [3.8, 4) is 0 Å². The molecule has 0 amide bonds. The SMILES string of the molecule is Cc1[nH]c2ccccc2c1C(=O)c1sc(Nc2ccc(F)c(Cl)c2)nc1N. The Bertz CT molecular complexity index is 1180. The van der Waals surface area contributed by atoms with Gasteiger partial charge in [0.25, 0.3) is 0 Å². The van der Waals surface area contributed by atoms with Crippen LogP contribution < -0.4 is 11.1 Å². The van der Waals surface area contributed by atoms with E-state index in [1.54, 1.807) is 0 Å². The van der Waals surface area contributed by atoms with Gasteiger partial charge in [0, 0.05) is 22.3 Å². The van der Waals surface area contributed by atoms with Gasteiger partial charge in [0.1, 0.15) is 16.5 Å². The number of benzene rings is 2. The third-order valence-corrected chi connectivity index (χ3v) is 5.43. The van der Waals surface area contributed by atoms with Gasteiger partial charge in [-0.2, -0.15) is 0 Å². The number of H-pyrrole nitrogens is 1. The number of aromatic amines is 1. The molecule has 0 atom stereocenters. The number of anilines is 3. The van der Waals surface area contributed by atoms with Gasteiger partial charge >= 0.3 is 0 Å². The molecule has 0 bridgehead atoms. The third kappa shape index (κ3) is 3.15. The van der Waals surface area contributed by atoms with Crippen molar-refractivity contribution in [2.24, 2.45) is 0 Å². The molecule has 0 saturated heterocycles. The zero-order valence-corrected chi connectivity index (χ0v) is 15.7. The maximum absolute atomic E-state index is 13.3. The predicted octanol–water partition coefficient (Wildman–Crippen LogP) is 5.28. The van der Waals surface area contributed by atoms with Gasteiger partial charge in [0.05, 0.1) is 10.6 Å². The second-order valence-corrected chi connectivity index (χ2v) is 7.39. The molecular formula is C19H14ClFN4OS. The lowest BCUT2D eigenvalue weighted by molar-refractivity contribution is 0.104. The van der Waals surface area contributed by atoms with Crippen LogP contribution in [0.4, 0.5) is 21.0 Å². The summed E-state index contributed by atoms with van der Waals surface area (Å²) in [5.41, 5.74) is 8.79. The minimum Gasteiger partial charge on any atom is -0.382 e. The summed E-state index contributed by atoms with van der Waals surface area (Å²) in [4.78, 5) is 20.9. The number of nitrogens with zero attached hydrogens (tertiary/aromatic N) is 1. The predicted molar refractivity (Wildman–Crippen MR) is 108 cm³/mol. The fraction of sp³-hybridized carbons (Fsp3) is 0.0526. The molecular weight excluding hydrogens is 387 g/mol.